The van der Waals surface area contributed by atoms with E-state index in [2.05, 4.69) is 34.5 Å². The van der Waals surface area contributed by atoms with Crippen LogP contribution in [-0.4, -0.2) is 0 Å². The maximum Gasteiger partial charge on any atom is 0.222 e. The molecule has 1 aromatic heterocycles. The fraction of sp³-hybridized carbons (Fsp3) is 0.143. The van der Waals surface area contributed by atoms with Gasteiger partial charge in [0.2, 0.25) is 11.4 Å². The lowest BCUT2D eigenvalue weighted by Gasteiger charge is -2.10. The fourth-order valence-corrected chi connectivity index (χ4v) is 3.62. The van der Waals surface area contributed by atoms with Crippen LogP contribution in [0.5, 0.6) is 0 Å². The van der Waals surface area contributed by atoms with E-state index in [0.717, 1.165) is 28.8 Å². The third kappa shape index (κ3) is 2.04. The van der Waals surface area contributed by atoms with Gasteiger partial charge in [-0.05, 0) is 59.4 Å². The molecule has 0 amide bonds. The zero-order chi connectivity index (χ0) is 16.8. The number of nitrogens with zero attached hydrogens (tertiary/aromatic N) is 2. The van der Waals surface area contributed by atoms with Crippen molar-refractivity contribution < 1.29 is 8.96 Å². The van der Waals surface area contributed by atoms with Crippen LogP contribution in [0.1, 0.15) is 16.7 Å². The standard InChI is InChI=1S/C21H16FN2/c1-13-7-8-15-16-12-18(22)19(23-2)11-14(16)10-17(15)21(13)20-6-4-5-9-24(20)3/h4-9,11-12H,10H2,1,3H3/q+1. The molecule has 0 radical (unpaired) electrons. The van der Waals surface area contributed by atoms with Crippen molar-refractivity contribution in [2.75, 3.05) is 0 Å². The second-order valence-corrected chi connectivity index (χ2v) is 6.23. The van der Waals surface area contributed by atoms with Crippen LogP contribution >= 0.6 is 0 Å². The van der Waals surface area contributed by atoms with Crippen LogP contribution in [0.4, 0.5) is 10.1 Å². The first-order chi connectivity index (χ1) is 11.6. The minimum Gasteiger partial charge on any atom is -0.235 e. The van der Waals surface area contributed by atoms with E-state index in [1.165, 1.54) is 22.8 Å². The summed E-state index contributed by atoms with van der Waals surface area (Å²) in [5.41, 5.74) is 7.89. The monoisotopic (exact) mass is 315 g/mol. The molecule has 1 aliphatic carbocycles. The van der Waals surface area contributed by atoms with E-state index in [9.17, 15) is 4.39 Å². The normalized spacial score (nSPS) is 11.8. The summed E-state index contributed by atoms with van der Waals surface area (Å²) in [5, 5.41) is 0. The van der Waals surface area contributed by atoms with Crippen LogP contribution in [0.15, 0.2) is 48.7 Å². The van der Waals surface area contributed by atoms with Gasteiger partial charge in [-0.2, -0.15) is 0 Å². The third-order valence-corrected chi connectivity index (χ3v) is 4.78. The molecule has 2 nitrogen and oxygen atoms in total. The van der Waals surface area contributed by atoms with Crippen LogP contribution in [0.2, 0.25) is 0 Å². The molecule has 0 spiro atoms. The second-order valence-electron chi connectivity index (χ2n) is 6.23. The summed E-state index contributed by atoms with van der Waals surface area (Å²) in [7, 11) is 2.03. The minimum atomic E-state index is -0.441. The Bertz CT molecular complexity index is 1030. The molecule has 2 aromatic carbocycles. The van der Waals surface area contributed by atoms with Gasteiger partial charge in [0.1, 0.15) is 12.9 Å². The lowest BCUT2D eigenvalue weighted by molar-refractivity contribution is -0.660. The average molecular weight is 315 g/mol. The van der Waals surface area contributed by atoms with Crippen molar-refractivity contribution in [3.63, 3.8) is 0 Å². The van der Waals surface area contributed by atoms with Crippen molar-refractivity contribution in [2.24, 2.45) is 7.05 Å². The van der Waals surface area contributed by atoms with E-state index in [4.69, 9.17) is 6.57 Å². The Labute approximate surface area is 140 Å². The van der Waals surface area contributed by atoms with Crippen molar-refractivity contribution in [3.05, 3.63) is 82.6 Å². The molecule has 24 heavy (non-hydrogen) atoms. The molecular formula is C21H16FN2+. The fourth-order valence-electron chi connectivity index (χ4n) is 3.62. The van der Waals surface area contributed by atoms with Gasteiger partial charge in [-0.1, -0.05) is 12.1 Å². The highest BCUT2D eigenvalue weighted by Crippen LogP contribution is 2.44. The Hall–Kier alpha value is -2.99. The SMILES string of the molecule is [C-]#[N+]c1cc2c(cc1F)-c1ccc(C)c(-c3cccc[n+]3C)c1C2. The van der Waals surface area contributed by atoms with E-state index in [1.54, 1.807) is 6.07 Å². The molecule has 0 N–H and O–H groups in total. The molecule has 0 fully saturated rings. The summed E-state index contributed by atoms with van der Waals surface area (Å²) in [6.07, 6.45) is 2.77. The average Bonchev–Trinajstić information content (AvgIpc) is 2.92. The summed E-state index contributed by atoms with van der Waals surface area (Å²) in [6, 6.07) is 13.5. The van der Waals surface area contributed by atoms with Gasteiger partial charge < -0.3 is 0 Å². The summed E-state index contributed by atoms with van der Waals surface area (Å²) < 4.78 is 16.2. The molecule has 1 aliphatic rings. The first-order valence-electron chi connectivity index (χ1n) is 7.88. The van der Waals surface area contributed by atoms with Gasteiger partial charge in [-0.3, -0.25) is 0 Å². The van der Waals surface area contributed by atoms with Crippen LogP contribution in [0.25, 0.3) is 27.2 Å². The lowest BCUT2D eigenvalue weighted by Crippen LogP contribution is -2.30. The van der Waals surface area contributed by atoms with Crippen molar-refractivity contribution in [3.8, 4) is 22.4 Å². The Morgan fingerprint density at radius 1 is 1.12 bits per heavy atom. The second kappa shape index (κ2) is 5.28. The Morgan fingerprint density at radius 3 is 2.71 bits per heavy atom. The third-order valence-electron chi connectivity index (χ3n) is 4.78. The number of halogens is 1. The van der Waals surface area contributed by atoms with Gasteiger partial charge in [-0.25, -0.2) is 13.8 Å². The molecule has 3 heteroatoms. The maximum absolute atomic E-state index is 14.1. The number of aryl methyl sites for hydroxylation is 2. The van der Waals surface area contributed by atoms with E-state index < -0.39 is 5.82 Å². The molecule has 1 heterocycles. The first kappa shape index (κ1) is 14.6. The molecule has 116 valence electrons. The van der Waals surface area contributed by atoms with Crippen LogP contribution in [0, 0.1) is 19.3 Å². The van der Waals surface area contributed by atoms with Gasteiger partial charge >= 0.3 is 0 Å². The zero-order valence-electron chi connectivity index (χ0n) is 13.6. The van der Waals surface area contributed by atoms with Crippen molar-refractivity contribution in [2.45, 2.75) is 13.3 Å². The molecule has 0 unspecified atom stereocenters. The Morgan fingerprint density at radius 2 is 1.96 bits per heavy atom. The van der Waals surface area contributed by atoms with Crippen LogP contribution in [-0.2, 0) is 13.5 Å². The van der Waals surface area contributed by atoms with E-state index in [0.29, 0.717) is 0 Å². The number of benzene rings is 2. The predicted octanol–water partition coefficient (Wildman–Crippen LogP) is 4.75. The molecule has 0 atom stereocenters. The Kier molecular flexibility index (Phi) is 3.21. The molecule has 0 saturated carbocycles. The maximum atomic E-state index is 14.1. The van der Waals surface area contributed by atoms with Crippen molar-refractivity contribution >= 4 is 5.69 Å². The van der Waals surface area contributed by atoms with Crippen molar-refractivity contribution in [1.82, 2.24) is 0 Å². The summed E-state index contributed by atoms with van der Waals surface area (Å²) in [4.78, 5) is 3.29. The summed E-state index contributed by atoms with van der Waals surface area (Å²) in [5.74, 6) is -0.441. The molecule has 0 aliphatic heterocycles. The lowest BCUT2D eigenvalue weighted by atomic mass is 9.94. The topological polar surface area (TPSA) is 8.24 Å². The number of hydrogen-bond donors (Lipinski definition) is 0. The molecular weight excluding hydrogens is 299 g/mol. The van der Waals surface area contributed by atoms with E-state index >= 15 is 0 Å². The quantitative estimate of drug-likeness (QED) is 0.354. The first-order valence-corrected chi connectivity index (χ1v) is 7.88. The molecule has 0 saturated heterocycles. The molecule has 0 bridgehead atoms. The number of pyridine rings is 1. The highest BCUT2D eigenvalue weighted by Gasteiger charge is 2.27. The van der Waals surface area contributed by atoms with Gasteiger partial charge in [0.05, 0.1) is 12.1 Å². The number of fused-ring (bicyclic) bond motifs is 3. The number of hydrogen-bond acceptors (Lipinski definition) is 0. The summed E-state index contributed by atoms with van der Waals surface area (Å²) in [6.45, 7) is 9.24. The highest BCUT2D eigenvalue weighted by molar-refractivity contribution is 5.86. The number of aromatic nitrogens is 1. The predicted molar refractivity (Wildman–Crippen MR) is 92.3 cm³/mol. The van der Waals surface area contributed by atoms with Crippen molar-refractivity contribution in [1.29, 1.82) is 0 Å². The van der Waals surface area contributed by atoms with Crippen LogP contribution < -0.4 is 4.57 Å². The Balaban J connectivity index is 1.99. The number of rotatable bonds is 1. The van der Waals surface area contributed by atoms with Gasteiger partial charge in [-0.15, -0.1) is 0 Å². The summed E-state index contributed by atoms with van der Waals surface area (Å²) >= 11 is 0. The van der Waals surface area contributed by atoms with Gasteiger partial charge in [0.15, 0.2) is 6.20 Å². The van der Waals surface area contributed by atoms with E-state index in [-0.39, 0.29) is 5.69 Å². The largest absolute Gasteiger partial charge is 0.235 e. The zero-order valence-corrected chi connectivity index (χ0v) is 13.6. The van der Waals surface area contributed by atoms with Gasteiger partial charge in [0, 0.05) is 12.1 Å². The molecule has 3 aromatic rings. The smallest absolute Gasteiger partial charge is 0.222 e. The highest BCUT2D eigenvalue weighted by atomic mass is 19.1. The van der Waals surface area contributed by atoms with E-state index in [1.807, 2.05) is 25.4 Å². The van der Waals surface area contributed by atoms with Gasteiger partial charge in [0.25, 0.3) is 0 Å². The molecule has 4 rings (SSSR count). The van der Waals surface area contributed by atoms with Crippen LogP contribution in [0.3, 0.4) is 0 Å². The minimum absolute atomic E-state index is 0.102.